The lowest BCUT2D eigenvalue weighted by molar-refractivity contribution is -0.129. The topological polar surface area (TPSA) is 44.4 Å². The third-order valence-electron chi connectivity index (χ3n) is 3.05. The SMILES string of the molecule is O=C1CCCN(CC2CCNCC2)N1. The van der Waals surface area contributed by atoms with Gasteiger partial charge in [-0.1, -0.05) is 0 Å². The van der Waals surface area contributed by atoms with E-state index >= 15 is 0 Å². The number of hydrogen-bond donors (Lipinski definition) is 2. The van der Waals surface area contributed by atoms with Crippen molar-refractivity contribution in [2.75, 3.05) is 26.2 Å². The molecule has 2 N–H and O–H groups in total. The van der Waals surface area contributed by atoms with Crippen LogP contribution in [0.25, 0.3) is 0 Å². The zero-order valence-corrected chi connectivity index (χ0v) is 8.59. The van der Waals surface area contributed by atoms with Gasteiger partial charge in [0.15, 0.2) is 0 Å². The van der Waals surface area contributed by atoms with Crippen LogP contribution in [0.3, 0.4) is 0 Å². The zero-order chi connectivity index (χ0) is 9.80. The van der Waals surface area contributed by atoms with Crippen LogP contribution in [0, 0.1) is 5.92 Å². The van der Waals surface area contributed by atoms with E-state index in [1.54, 1.807) is 0 Å². The maximum Gasteiger partial charge on any atom is 0.234 e. The predicted molar refractivity (Wildman–Crippen MR) is 54.5 cm³/mol. The molecule has 4 heteroatoms. The zero-order valence-electron chi connectivity index (χ0n) is 8.59. The van der Waals surface area contributed by atoms with E-state index in [2.05, 4.69) is 15.8 Å². The molecular weight excluding hydrogens is 178 g/mol. The summed E-state index contributed by atoms with van der Waals surface area (Å²) in [7, 11) is 0. The van der Waals surface area contributed by atoms with Gasteiger partial charge in [-0.15, -0.1) is 0 Å². The Bertz CT molecular complexity index is 202. The average molecular weight is 197 g/mol. The first kappa shape index (κ1) is 9.93. The van der Waals surface area contributed by atoms with Gasteiger partial charge in [0.25, 0.3) is 0 Å². The smallest absolute Gasteiger partial charge is 0.234 e. The quantitative estimate of drug-likeness (QED) is 0.660. The standard InChI is InChI=1S/C10H19N3O/c14-10-2-1-7-13(12-10)8-9-3-5-11-6-4-9/h9,11H,1-8H2,(H,12,14). The van der Waals surface area contributed by atoms with Gasteiger partial charge in [0.1, 0.15) is 0 Å². The number of amides is 1. The van der Waals surface area contributed by atoms with Gasteiger partial charge in [0, 0.05) is 19.5 Å². The highest BCUT2D eigenvalue weighted by molar-refractivity contribution is 5.75. The number of hydrazine groups is 1. The van der Waals surface area contributed by atoms with Crippen molar-refractivity contribution in [2.45, 2.75) is 25.7 Å². The first-order chi connectivity index (χ1) is 6.84. The number of carbonyl (C=O) groups excluding carboxylic acids is 1. The fourth-order valence-electron chi connectivity index (χ4n) is 2.23. The Balaban J connectivity index is 1.75. The Morgan fingerprint density at radius 1 is 1.36 bits per heavy atom. The highest BCUT2D eigenvalue weighted by Gasteiger charge is 2.20. The Morgan fingerprint density at radius 2 is 2.14 bits per heavy atom. The molecule has 2 rings (SSSR count). The Morgan fingerprint density at radius 3 is 2.86 bits per heavy atom. The lowest BCUT2D eigenvalue weighted by Gasteiger charge is -2.32. The number of nitrogens with zero attached hydrogens (tertiary/aromatic N) is 1. The van der Waals surface area contributed by atoms with Gasteiger partial charge in [-0.05, 0) is 38.3 Å². The van der Waals surface area contributed by atoms with Crippen LogP contribution in [0.15, 0.2) is 0 Å². The minimum absolute atomic E-state index is 0.185. The number of nitrogens with one attached hydrogen (secondary N) is 2. The second-order valence-corrected chi connectivity index (χ2v) is 4.28. The van der Waals surface area contributed by atoms with Gasteiger partial charge in [-0.3, -0.25) is 10.2 Å². The molecule has 0 aromatic rings. The monoisotopic (exact) mass is 197 g/mol. The maximum absolute atomic E-state index is 11.2. The van der Waals surface area contributed by atoms with Gasteiger partial charge in [0.05, 0.1) is 0 Å². The van der Waals surface area contributed by atoms with E-state index < -0.39 is 0 Å². The Labute approximate surface area is 85.0 Å². The average Bonchev–Trinajstić information content (AvgIpc) is 2.19. The maximum atomic E-state index is 11.2. The van der Waals surface area contributed by atoms with Gasteiger partial charge in [-0.25, -0.2) is 5.01 Å². The molecule has 4 nitrogen and oxygen atoms in total. The molecule has 0 aromatic heterocycles. The molecule has 0 unspecified atom stereocenters. The molecule has 2 aliphatic heterocycles. The van der Waals surface area contributed by atoms with E-state index in [1.807, 2.05) is 0 Å². The van der Waals surface area contributed by atoms with E-state index in [0.29, 0.717) is 6.42 Å². The number of carbonyl (C=O) groups is 1. The van der Waals surface area contributed by atoms with Crippen LogP contribution in [0.1, 0.15) is 25.7 Å². The summed E-state index contributed by atoms with van der Waals surface area (Å²) < 4.78 is 0. The molecule has 1 amide bonds. The summed E-state index contributed by atoms with van der Waals surface area (Å²) >= 11 is 0. The molecule has 0 radical (unpaired) electrons. The molecule has 2 fully saturated rings. The first-order valence-corrected chi connectivity index (χ1v) is 5.60. The van der Waals surface area contributed by atoms with Gasteiger partial charge < -0.3 is 5.32 Å². The van der Waals surface area contributed by atoms with Crippen molar-refractivity contribution in [1.29, 1.82) is 0 Å². The van der Waals surface area contributed by atoms with Crippen molar-refractivity contribution >= 4 is 5.91 Å². The summed E-state index contributed by atoms with van der Waals surface area (Å²) in [5, 5.41) is 5.45. The molecule has 0 aliphatic carbocycles. The third-order valence-corrected chi connectivity index (χ3v) is 3.05. The molecule has 2 aliphatic rings. The van der Waals surface area contributed by atoms with Gasteiger partial charge in [0.2, 0.25) is 5.91 Å². The third kappa shape index (κ3) is 2.69. The largest absolute Gasteiger partial charge is 0.317 e. The van der Waals surface area contributed by atoms with E-state index in [0.717, 1.165) is 38.5 Å². The molecule has 0 bridgehead atoms. The van der Waals surface area contributed by atoms with Crippen LogP contribution in [0.4, 0.5) is 0 Å². The number of piperidine rings is 1. The van der Waals surface area contributed by atoms with Crippen molar-refractivity contribution in [1.82, 2.24) is 15.8 Å². The van der Waals surface area contributed by atoms with E-state index in [-0.39, 0.29) is 5.91 Å². The van der Waals surface area contributed by atoms with Crippen LogP contribution in [-0.2, 0) is 4.79 Å². The fourth-order valence-corrected chi connectivity index (χ4v) is 2.23. The van der Waals surface area contributed by atoms with Crippen molar-refractivity contribution in [3.63, 3.8) is 0 Å². The normalized spacial score (nSPS) is 26.1. The molecule has 2 saturated heterocycles. The summed E-state index contributed by atoms with van der Waals surface area (Å²) in [5.41, 5.74) is 2.94. The highest BCUT2D eigenvalue weighted by atomic mass is 16.2. The van der Waals surface area contributed by atoms with E-state index in [1.165, 1.54) is 12.8 Å². The van der Waals surface area contributed by atoms with E-state index in [9.17, 15) is 4.79 Å². The molecule has 14 heavy (non-hydrogen) atoms. The summed E-state index contributed by atoms with van der Waals surface area (Å²) in [6.07, 6.45) is 4.19. The second-order valence-electron chi connectivity index (χ2n) is 4.28. The van der Waals surface area contributed by atoms with Gasteiger partial charge >= 0.3 is 0 Å². The molecule has 0 saturated carbocycles. The minimum Gasteiger partial charge on any atom is -0.317 e. The number of rotatable bonds is 2. The van der Waals surface area contributed by atoms with E-state index in [4.69, 9.17) is 0 Å². The summed E-state index contributed by atoms with van der Waals surface area (Å²) in [5.74, 6) is 0.944. The lowest BCUT2D eigenvalue weighted by atomic mass is 9.98. The van der Waals surface area contributed by atoms with Crippen LogP contribution in [-0.4, -0.2) is 37.1 Å². The van der Waals surface area contributed by atoms with Crippen LogP contribution < -0.4 is 10.7 Å². The molecule has 80 valence electrons. The van der Waals surface area contributed by atoms with Crippen molar-refractivity contribution < 1.29 is 4.79 Å². The summed E-state index contributed by atoms with van der Waals surface area (Å²) in [4.78, 5) is 11.2. The van der Waals surface area contributed by atoms with Crippen molar-refractivity contribution in [3.05, 3.63) is 0 Å². The number of hydrogen-bond acceptors (Lipinski definition) is 3. The Hall–Kier alpha value is -0.610. The molecule has 0 spiro atoms. The molecule has 0 aromatic carbocycles. The van der Waals surface area contributed by atoms with Crippen LogP contribution >= 0.6 is 0 Å². The highest BCUT2D eigenvalue weighted by Crippen LogP contribution is 2.14. The van der Waals surface area contributed by atoms with Gasteiger partial charge in [-0.2, -0.15) is 0 Å². The second kappa shape index (κ2) is 4.75. The Kier molecular flexibility index (Phi) is 3.37. The van der Waals surface area contributed by atoms with Crippen molar-refractivity contribution in [3.8, 4) is 0 Å². The molecule has 0 atom stereocenters. The van der Waals surface area contributed by atoms with Crippen molar-refractivity contribution in [2.24, 2.45) is 5.92 Å². The minimum atomic E-state index is 0.185. The summed E-state index contributed by atoms with van der Waals surface area (Å²) in [6, 6.07) is 0. The fraction of sp³-hybridized carbons (Fsp3) is 0.900. The molecular formula is C10H19N3O. The van der Waals surface area contributed by atoms with Crippen LogP contribution in [0.2, 0.25) is 0 Å². The van der Waals surface area contributed by atoms with Crippen LogP contribution in [0.5, 0.6) is 0 Å². The predicted octanol–water partition coefficient (Wildman–Crippen LogP) is 0.113. The summed E-state index contributed by atoms with van der Waals surface area (Å²) in [6.45, 7) is 4.32. The first-order valence-electron chi connectivity index (χ1n) is 5.60. The lowest BCUT2D eigenvalue weighted by Crippen LogP contribution is -2.49. The molecule has 2 heterocycles.